The SMILES string of the molecule is COc1ccc(Oc2ccc(C)cc2CNC2CC2)cc1. The van der Waals surface area contributed by atoms with Crippen LogP contribution in [0.25, 0.3) is 0 Å². The van der Waals surface area contributed by atoms with Crippen molar-refractivity contribution in [3.8, 4) is 17.2 Å². The zero-order chi connectivity index (χ0) is 14.7. The Bertz CT molecular complexity index is 603. The molecule has 1 aliphatic rings. The predicted octanol–water partition coefficient (Wildman–Crippen LogP) is 4.05. The Kier molecular flexibility index (Phi) is 4.11. The molecule has 0 saturated heterocycles. The maximum absolute atomic E-state index is 6.02. The number of ether oxygens (including phenoxy) is 2. The third-order valence-electron chi connectivity index (χ3n) is 3.66. The van der Waals surface area contributed by atoms with Crippen LogP contribution < -0.4 is 14.8 Å². The first-order valence-corrected chi connectivity index (χ1v) is 7.39. The van der Waals surface area contributed by atoms with Crippen molar-refractivity contribution in [3.05, 3.63) is 53.6 Å². The molecule has 1 N–H and O–H groups in total. The van der Waals surface area contributed by atoms with Crippen LogP contribution >= 0.6 is 0 Å². The van der Waals surface area contributed by atoms with Gasteiger partial charge in [-0.05, 0) is 50.1 Å². The molecule has 0 unspecified atom stereocenters. The highest BCUT2D eigenvalue weighted by atomic mass is 16.5. The van der Waals surface area contributed by atoms with Crippen LogP contribution in [0.4, 0.5) is 0 Å². The molecule has 2 aromatic rings. The van der Waals surface area contributed by atoms with Gasteiger partial charge in [-0.15, -0.1) is 0 Å². The molecule has 0 radical (unpaired) electrons. The lowest BCUT2D eigenvalue weighted by atomic mass is 10.1. The second-order valence-corrected chi connectivity index (χ2v) is 5.54. The average Bonchev–Trinajstić information content (AvgIpc) is 3.32. The normalized spacial score (nSPS) is 14.0. The molecule has 110 valence electrons. The van der Waals surface area contributed by atoms with Gasteiger partial charge in [0.2, 0.25) is 0 Å². The monoisotopic (exact) mass is 283 g/mol. The number of methoxy groups -OCH3 is 1. The number of rotatable bonds is 6. The molecular formula is C18H21NO2. The molecule has 0 aromatic heterocycles. The third kappa shape index (κ3) is 3.76. The molecule has 3 heteroatoms. The Balaban J connectivity index is 1.75. The molecule has 1 aliphatic carbocycles. The molecule has 0 amide bonds. The molecule has 0 aliphatic heterocycles. The summed E-state index contributed by atoms with van der Waals surface area (Å²) in [5.41, 5.74) is 2.46. The molecule has 3 nitrogen and oxygen atoms in total. The van der Waals surface area contributed by atoms with Crippen molar-refractivity contribution in [2.75, 3.05) is 7.11 Å². The fourth-order valence-electron chi connectivity index (χ4n) is 2.26. The predicted molar refractivity (Wildman–Crippen MR) is 84.1 cm³/mol. The van der Waals surface area contributed by atoms with Gasteiger partial charge in [-0.1, -0.05) is 17.7 Å². The van der Waals surface area contributed by atoms with Gasteiger partial charge >= 0.3 is 0 Å². The first-order chi connectivity index (χ1) is 10.2. The Labute approximate surface area is 125 Å². The smallest absolute Gasteiger partial charge is 0.131 e. The van der Waals surface area contributed by atoms with Gasteiger partial charge in [0.25, 0.3) is 0 Å². The molecule has 3 rings (SSSR count). The number of aryl methyl sites for hydroxylation is 1. The molecule has 1 saturated carbocycles. The maximum atomic E-state index is 6.02. The Morgan fingerprint density at radius 3 is 2.43 bits per heavy atom. The highest BCUT2D eigenvalue weighted by molar-refractivity contribution is 5.41. The van der Waals surface area contributed by atoms with Crippen LogP contribution in [0.15, 0.2) is 42.5 Å². The van der Waals surface area contributed by atoms with Crippen molar-refractivity contribution in [2.45, 2.75) is 32.4 Å². The third-order valence-corrected chi connectivity index (χ3v) is 3.66. The van der Waals surface area contributed by atoms with Crippen LogP contribution in [0.5, 0.6) is 17.2 Å². The lowest BCUT2D eigenvalue weighted by Gasteiger charge is -2.13. The van der Waals surface area contributed by atoms with Gasteiger partial charge in [0.05, 0.1) is 7.11 Å². The Hall–Kier alpha value is -2.00. The van der Waals surface area contributed by atoms with Gasteiger partial charge in [-0.3, -0.25) is 0 Å². The summed E-state index contributed by atoms with van der Waals surface area (Å²) < 4.78 is 11.2. The van der Waals surface area contributed by atoms with Gasteiger partial charge < -0.3 is 14.8 Å². The molecular weight excluding hydrogens is 262 g/mol. The van der Waals surface area contributed by atoms with E-state index in [-0.39, 0.29) is 0 Å². The fraction of sp³-hybridized carbons (Fsp3) is 0.333. The van der Waals surface area contributed by atoms with E-state index < -0.39 is 0 Å². The minimum absolute atomic E-state index is 0.694. The lowest BCUT2D eigenvalue weighted by molar-refractivity contribution is 0.412. The topological polar surface area (TPSA) is 30.5 Å². The quantitative estimate of drug-likeness (QED) is 0.867. The van der Waals surface area contributed by atoms with Crippen molar-refractivity contribution in [1.29, 1.82) is 0 Å². The van der Waals surface area contributed by atoms with Gasteiger partial charge in [-0.2, -0.15) is 0 Å². The molecule has 0 bridgehead atoms. The summed E-state index contributed by atoms with van der Waals surface area (Å²) in [6, 6.07) is 14.7. The highest BCUT2D eigenvalue weighted by Crippen LogP contribution is 2.28. The fourth-order valence-corrected chi connectivity index (χ4v) is 2.26. The van der Waals surface area contributed by atoms with Crippen molar-refractivity contribution >= 4 is 0 Å². The van der Waals surface area contributed by atoms with Crippen LogP contribution in [0.1, 0.15) is 24.0 Å². The Morgan fingerprint density at radius 1 is 1.05 bits per heavy atom. The maximum Gasteiger partial charge on any atom is 0.131 e. The summed E-state index contributed by atoms with van der Waals surface area (Å²) in [5, 5.41) is 3.54. The second kappa shape index (κ2) is 6.19. The van der Waals surface area contributed by atoms with Crippen molar-refractivity contribution < 1.29 is 9.47 Å². The van der Waals surface area contributed by atoms with Crippen LogP contribution in [0.2, 0.25) is 0 Å². The second-order valence-electron chi connectivity index (χ2n) is 5.54. The lowest BCUT2D eigenvalue weighted by Crippen LogP contribution is -2.15. The zero-order valence-electron chi connectivity index (χ0n) is 12.6. The summed E-state index contributed by atoms with van der Waals surface area (Å²) in [6.07, 6.45) is 2.58. The summed E-state index contributed by atoms with van der Waals surface area (Å²) in [5.74, 6) is 2.58. The van der Waals surface area contributed by atoms with E-state index in [1.807, 2.05) is 30.3 Å². The van der Waals surface area contributed by atoms with E-state index in [1.54, 1.807) is 7.11 Å². The molecule has 0 spiro atoms. The van der Waals surface area contributed by atoms with Gasteiger partial charge in [0.15, 0.2) is 0 Å². The summed E-state index contributed by atoms with van der Waals surface area (Å²) >= 11 is 0. The Morgan fingerprint density at radius 2 is 1.76 bits per heavy atom. The van der Waals surface area contributed by atoms with E-state index in [0.29, 0.717) is 6.04 Å². The van der Waals surface area contributed by atoms with Gasteiger partial charge in [-0.25, -0.2) is 0 Å². The van der Waals surface area contributed by atoms with Gasteiger partial charge in [0.1, 0.15) is 17.2 Å². The minimum atomic E-state index is 0.694. The highest BCUT2D eigenvalue weighted by Gasteiger charge is 2.20. The van der Waals surface area contributed by atoms with E-state index >= 15 is 0 Å². The van der Waals surface area contributed by atoms with Crippen molar-refractivity contribution in [3.63, 3.8) is 0 Å². The zero-order valence-corrected chi connectivity index (χ0v) is 12.6. The van der Waals surface area contributed by atoms with Crippen LogP contribution in [-0.4, -0.2) is 13.2 Å². The average molecular weight is 283 g/mol. The number of benzene rings is 2. The first kappa shape index (κ1) is 14.0. The molecule has 0 heterocycles. The molecule has 21 heavy (non-hydrogen) atoms. The van der Waals surface area contributed by atoms with E-state index in [0.717, 1.165) is 23.8 Å². The van der Waals surface area contributed by atoms with Crippen LogP contribution in [-0.2, 0) is 6.54 Å². The van der Waals surface area contributed by atoms with Gasteiger partial charge in [0, 0.05) is 18.2 Å². The van der Waals surface area contributed by atoms with E-state index in [1.165, 1.54) is 24.0 Å². The van der Waals surface area contributed by atoms with Crippen LogP contribution in [0.3, 0.4) is 0 Å². The van der Waals surface area contributed by atoms with Crippen LogP contribution in [0, 0.1) is 6.92 Å². The van der Waals surface area contributed by atoms with Crippen molar-refractivity contribution in [1.82, 2.24) is 5.32 Å². The number of hydrogen-bond donors (Lipinski definition) is 1. The summed E-state index contributed by atoms with van der Waals surface area (Å²) in [7, 11) is 1.66. The standard InChI is InChI=1S/C18H21NO2/c1-13-3-10-18(14(11-13)12-19-15-4-5-15)21-17-8-6-16(20-2)7-9-17/h3,6-11,15,19H,4-5,12H2,1-2H3. The van der Waals surface area contributed by atoms with E-state index in [9.17, 15) is 0 Å². The van der Waals surface area contributed by atoms with E-state index in [2.05, 4.69) is 24.4 Å². The molecule has 0 atom stereocenters. The minimum Gasteiger partial charge on any atom is -0.497 e. The summed E-state index contributed by atoms with van der Waals surface area (Å²) in [4.78, 5) is 0. The largest absolute Gasteiger partial charge is 0.497 e. The molecule has 2 aromatic carbocycles. The number of hydrogen-bond acceptors (Lipinski definition) is 3. The summed E-state index contributed by atoms with van der Waals surface area (Å²) in [6.45, 7) is 2.97. The van der Waals surface area contributed by atoms with E-state index in [4.69, 9.17) is 9.47 Å². The number of nitrogens with one attached hydrogen (secondary N) is 1. The first-order valence-electron chi connectivity index (χ1n) is 7.39. The van der Waals surface area contributed by atoms with Crippen molar-refractivity contribution in [2.24, 2.45) is 0 Å². The molecule has 1 fully saturated rings.